The highest BCUT2D eigenvalue weighted by atomic mass is 16.1. The highest BCUT2D eigenvalue weighted by molar-refractivity contribution is 5.94. The van der Waals surface area contributed by atoms with Gasteiger partial charge < -0.3 is 11.1 Å². The number of nitrogens with two attached hydrogens (primary N) is 1. The van der Waals surface area contributed by atoms with E-state index in [4.69, 9.17) is 5.73 Å². The Hall–Kier alpha value is -1.36. The summed E-state index contributed by atoms with van der Waals surface area (Å²) in [5, 5.41) is 7.18. The third-order valence-electron chi connectivity index (χ3n) is 3.24. The predicted octanol–water partition coefficient (Wildman–Crippen LogP) is 1.85. The topological polar surface area (TPSA) is 72.9 Å². The maximum absolute atomic E-state index is 12.0. The van der Waals surface area contributed by atoms with E-state index in [1.54, 1.807) is 6.20 Å². The number of hydrogen-bond donors (Lipinski definition) is 2. The molecule has 5 nitrogen and oxygen atoms in total. The summed E-state index contributed by atoms with van der Waals surface area (Å²) in [7, 11) is 0. The van der Waals surface area contributed by atoms with Crippen LogP contribution in [0.2, 0.25) is 0 Å². The van der Waals surface area contributed by atoms with Gasteiger partial charge in [-0.15, -0.1) is 0 Å². The molecule has 0 saturated carbocycles. The Morgan fingerprint density at radius 3 is 2.84 bits per heavy atom. The van der Waals surface area contributed by atoms with Gasteiger partial charge in [-0.2, -0.15) is 5.10 Å². The molecule has 3 N–H and O–H groups in total. The number of amides is 1. The fourth-order valence-electron chi connectivity index (χ4n) is 1.98. The summed E-state index contributed by atoms with van der Waals surface area (Å²) in [6.45, 7) is 6.25. The van der Waals surface area contributed by atoms with Gasteiger partial charge in [0.2, 0.25) is 0 Å². The molecule has 0 aliphatic rings. The Morgan fingerprint density at radius 1 is 1.37 bits per heavy atom. The molecule has 0 aliphatic heterocycles. The molecule has 0 radical (unpaired) electrons. The van der Waals surface area contributed by atoms with Crippen LogP contribution in [0.25, 0.3) is 0 Å². The first-order chi connectivity index (χ1) is 9.20. The van der Waals surface area contributed by atoms with Crippen molar-refractivity contribution in [1.82, 2.24) is 15.1 Å². The fourth-order valence-corrected chi connectivity index (χ4v) is 1.98. The van der Waals surface area contributed by atoms with E-state index in [0.29, 0.717) is 12.1 Å². The van der Waals surface area contributed by atoms with Crippen LogP contribution in [0.4, 0.5) is 0 Å². The number of unbranched alkanes of at least 4 members (excludes halogenated alkanes) is 3. The lowest BCUT2D eigenvalue weighted by Gasteiger charge is -2.06. The summed E-state index contributed by atoms with van der Waals surface area (Å²) >= 11 is 0. The Bertz CT molecular complexity index is 387. The molecule has 1 rings (SSSR count). The molecular weight excluding hydrogens is 240 g/mol. The van der Waals surface area contributed by atoms with Gasteiger partial charge in [0.15, 0.2) is 0 Å². The van der Waals surface area contributed by atoms with Gasteiger partial charge in [0, 0.05) is 18.8 Å². The van der Waals surface area contributed by atoms with E-state index in [-0.39, 0.29) is 5.91 Å². The molecule has 1 heterocycles. The van der Waals surface area contributed by atoms with Crippen molar-refractivity contribution >= 4 is 5.91 Å². The third-order valence-corrected chi connectivity index (χ3v) is 3.24. The average molecular weight is 266 g/mol. The zero-order valence-electron chi connectivity index (χ0n) is 12.1. The molecule has 1 aromatic rings. The van der Waals surface area contributed by atoms with E-state index in [9.17, 15) is 4.79 Å². The summed E-state index contributed by atoms with van der Waals surface area (Å²) in [4.78, 5) is 12.0. The van der Waals surface area contributed by atoms with Crippen molar-refractivity contribution in [3.8, 4) is 0 Å². The summed E-state index contributed by atoms with van der Waals surface area (Å²) in [6, 6.07) is 0. The zero-order valence-corrected chi connectivity index (χ0v) is 12.1. The van der Waals surface area contributed by atoms with Crippen LogP contribution in [0.1, 0.15) is 55.1 Å². The summed E-state index contributed by atoms with van der Waals surface area (Å²) in [6.07, 6.45) is 7.17. The minimum atomic E-state index is -0.0204. The molecule has 0 fully saturated rings. The molecule has 5 heteroatoms. The number of carbonyl (C=O) groups excluding carboxylic acids is 1. The third kappa shape index (κ3) is 5.03. The largest absolute Gasteiger partial charge is 0.352 e. The number of carbonyl (C=O) groups is 1. The van der Waals surface area contributed by atoms with E-state index >= 15 is 0 Å². The Labute approximate surface area is 115 Å². The van der Waals surface area contributed by atoms with Gasteiger partial charge in [0.05, 0.1) is 11.8 Å². The molecule has 1 amide bonds. The van der Waals surface area contributed by atoms with E-state index < -0.39 is 0 Å². The van der Waals surface area contributed by atoms with Crippen molar-refractivity contribution in [2.45, 2.75) is 52.5 Å². The smallest absolute Gasteiger partial charge is 0.254 e. The van der Waals surface area contributed by atoms with Crippen LogP contribution in [0, 0.1) is 6.92 Å². The molecule has 0 bridgehead atoms. The lowest BCUT2D eigenvalue weighted by atomic mass is 10.2. The van der Waals surface area contributed by atoms with Gasteiger partial charge in [-0.05, 0) is 26.3 Å². The summed E-state index contributed by atoms with van der Waals surface area (Å²) in [5.41, 5.74) is 7.07. The Morgan fingerprint density at radius 2 is 2.16 bits per heavy atom. The number of aromatic nitrogens is 2. The zero-order chi connectivity index (χ0) is 14.1. The molecule has 0 atom stereocenters. The maximum atomic E-state index is 12.0. The normalized spacial score (nSPS) is 10.7. The lowest BCUT2D eigenvalue weighted by molar-refractivity contribution is 0.0952. The second kappa shape index (κ2) is 8.69. The number of nitrogens with one attached hydrogen (secondary N) is 1. The number of nitrogens with zero attached hydrogens (tertiary/aromatic N) is 2. The molecule has 0 spiro atoms. The van der Waals surface area contributed by atoms with Crippen LogP contribution in [-0.2, 0) is 6.54 Å². The molecule has 108 valence electrons. The number of aryl methyl sites for hydroxylation is 1. The first kappa shape index (κ1) is 15.7. The molecular formula is C14H26N4O. The quantitative estimate of drug-likeness (QED) is 0.670. The number of hydrogen-bond acceptors (Lipinski definition) is 3. The van der Waals surface area contributed by atoms with Crippen LogP contribution in [0.3, 0.4) is 0 Å². The van der Waals surface area contributed by atoms with Crippen molar-refractivity contribution in [2.75, 3.05) is 13.1 Å². The number of rotatable bonds is 9. The molecule has 0 aliphatic carbocycles. The second-order valence-corrected chi connectivity index (χ2v) is 4.83. The fraction of sp³-hybridized carbons (Fsp3) is 0.714. The van der Waals surface area contributed by atoms with Gasteiger partial charge in [-0.1, -0.05) is 26.2 Å². The Balaban J connectivity index is 2.41. The summed E-state index contributed by atoms with van der Waals surface area (Å²) in [5.74, 6) is -0.0204. The summed E-state index contributed by atoms with van der Waals surface area (Å²) < 4.78 is 1.85. The van der Waals surface area contributed by atoms with Gasteiger partial charge in [0.25, 0.3) is 5.91 Å². The van der Waals surface area contributed by atoms with Crippen molar-refractivity contribution in [3.05, 3.63) is 17.5 Å². The van der Waals surface area contributed by atoms with Crippen LogP contribution >= 0.6 is 0 Å². The van der Waals surface area contributed by atoms with Gasteiger partial charge >= 0.3 is 0 Å². The van der Waals surface area contributed by atoms with Crippen LogP contribution in [0.5, 0.6) is 0 Å². The van der Waals surface area contributed by atoms with Crippen LogP contribution in [0.15, 0.2) is 6.20 Å². The average Bonchev–Trinajstić information content (AvgIpc) is 2.77. The van der Waals surface area contributed by atoms with Gasteiger partial charge in [-0.25, -0.2) is 0 Å². The lowest BCUT2D eigenvalue weighted by Crippen LogP contribution is -2.25. The SMILES string of the molecule is CCCCCCNC(=O)c1cnn(CCCN)c1C. The maximum Gasteiger partial charge on any atom is 0.254 e. The van der Waals surface area contributed by atoms with E-state index in [2.05, 4.69) is 17.3 Å². The predicted molar refractivity (Wildman–Crippen MR) is 77.1 cm³/mol. The van der Waals surface area contributed by atoms with Crippen LogP contribution < -0.4 is 11.1 Å². The highest BCUT2D eigenvalue weighted by Crippen LogP contribution is 2.07. The molecule has 0 unspecified atom stereocenters. The van der Waals surface area contributed by atoms with Crippen LogP contribution in [-0.4, -0.2) is 28.8 Å². The van der Waals surface area contributed by atoms with Crippen molar-refractivity contribution in [2.24, 2.45) is 5.73 Å². The molecule has 19 heavy (non-hydrogen) atoms. The highest BCUT2D eigenvalue weighted by Gasteiger charge is 2.13. The van der Waals surface area contributed by atoms with Gasteiger partial charge in [0.1, 0.15) is 0 Å². The van der Waals surface area contributed by atoms with Crippen molar-refractivity contribution in [1.29, 1.82) is 0 Å². The minimum Gasteiger partial charge on any atom is -0.352 e. The van der Waals surface area contributed by atoms with Crippen molar-refractivity contribution < 1.29 is 4.79 Å². The second-order valence-electron chi connectivity index (χ2n) is 4.83. The van der Waals surface area contributed by atoms with Gasteiger partial charge in [-0.3, -0.25) is 9.48 Å². The Kier molecular flexibility index (Phi) is 7.18. The molecule has 1 aromatic heterocycles. The standard InChI is InChI=1S/C14H26N4O/c1-3-4-5-6-9-16-14(19)13-11-17-18(12(13)2)10-7-8-15/h11H,3-10,15H2,1-2H3,(H,16,19). The first-order valence-corrected chi connectivity index (χ1v) is 7.21. The van der Waals surface area contributed by atoms with E-state index in [0.717, 1.165) is 31.6 Å². The monoisotopic (exact) mass is 266 g/mol. The minimum absolute atomic E-state index is 0.0204. The molecule has 0 aromatic carbocycles. The first-order valence-electron chi connectivity index (χ1n) is 7.21. The van der Waals surface area contributed by atoms with E-state index in [1.165, 1.54) is 19.3 Å². The molecule has 0 saturated heterocycles. The van der Waals surface area contributed by atoms with Crippen molar-refractivity contribution in [3.63, 3.8) is 0 Å². The van der Waals surface area contributed by atoms with E-state index in [1.807, 2.05) is 11.6 Å².